The van der Waals surface area contributed by atoms with Crippen molar-refractivity contribution in [2.75, 3.05) is 67.6 Å². The molecule has 0 saturated carbocycles. The summed E-state index contributed by atoms with van der Waals surface area (Å²) in [6.45, 7) is 10.0. The number of carbonyl (C=O) groups excluding carboxylic acids is 1. The predicted molar refractivity (Wildman–Crippen MR) is 118 cm³/mol. The summed E-state index contributed by atoms with van der Waals surface area (Å²) in [4.78, 5) is 28.2. The van der Waals surface area contributed by atoms with Gasteiger partial charge in [-0.2, -0.15) is 0 Å². The number of benzene rings is 1. The summed E-state index contributed by atoms with van der Waals surface area (Å²) >= 11 is 0. The van der Waals surface area contributed by atoms with Gasteiger partial charge < -0.3 is 24.8 Å². The molecule has 1 aromatic heterocycles. The number of morpholine rings is 1. The highest BCUT2D eigenvalue weighted by molar-refractivity contribution is 5.89. The number of anilines is 3. The van der Waals surface area contributed by atoms with Crippen molar-refractivity contribution < 1.29 is 9.53 Å². The molecule has 1 N–H and O–H groups in total. The Morgan fingerprint density at radius 2 is 1.57 bits per heavy atom. The Labute approximate surface area is 177 Å². The van der Waals surface area contributed by atoms with Gasteiger partial charge in [0.05, 0.1) is 13.2 Å². The van der Waals surface area contributed by atoms with Crippen LogP contribution in [0.15, 0.2) is 30.3 Å². The molecule has 2 aliphatic rings. The van der Waals surface area contributed by atoms with E-state index in [9.17, 15) is 4.79 Å². The first-order valence-corrected chi connectivity index (χ1v) is 10.7. The first-order valence-electron chi connectivity index (χ1n) is 10.7. The van der Waals surface area contributed by atoms with Crippen LogP contribution in [0, 0.1) is 6.92 Å². The van der Waals surface area contributed by atoms with Gasteiger partial charge in [-0.1, -0.05) is 19.1 Å². The number of carbonyl (C=O) groups is 1. The van der Waals surface area contributed by atoms with E-state index in [1.54, 1.807) is 0 Å². The van der Waals surface area contributed by atoms with E-state index in [4.69, 9.17) is 4.74 Å². The standard InChI is InChI=1S/C22H30N6O2/c1-3-18-4-6-19(7-5-18)25-22(29)28-10-8-26(9-11-28)20-16-21(24-17(2)23-20)27-12-14-30-15-13-27/h4-7,16H,3,8-15H2,1-2H3,(H,25,29). The number of urea groups is 1. The highest BCUT2D eigenvalue weighted by Gasteiger charge is 2.23. The summed E-state index contributed by atoms with van der Waals surface area (Å²) in [5.74, 6) is 2.65. The largest absolute Gasteiger partial charge is 0.378 e. The summed E-state index contributed by atoms with van der Waals surface area (Å²) in [5.41, 5.74) is 2.10. The quantitative estimate of drug-likeness (QED) is 0.835. The second-order valence-corrected chi connectivity index (χ2v) is 7.69. The molecule has 1 aromatic carbocycles. The molecule has 4 rings (SSSR count). The number of nitrogens with zero attached hydrogens (tertiary/aromatic N) is 5. The lowest BCUT2D eigenvalue weighted by Gasteiger charge is -2.36. The van der Waals surface area contributed by atoms with Gasteiger partial charge in [-0.05, 0) is 31.0 Å². The lowest BCUT2D eigenvalue weighted by Crippen LogP contribution is -2.50. The zero-order valence-corrected chi connectivity index (χ0v) is 17.8. The molecule has 2 amide bonds. The Morgan fingerprint density at radius 3 is 2.17 bits per heavy atom. The molecule has 0 atom stereocenters. The SMILES string of the molecule is CCc1ccc(NC(=O)N2CCN(c3cc(N4CCOCC4)nc(C)n3)CC2)cc1. The molecule has 0 spiro atoms. The number of nitrogens with one attached hydrogen (secondary N) is 1. The topological polar surface area (TPSA) is 73.8 Å². The summed E-state index contributed by atoms with van der Waals surface area (Å²) in [6, 6.07) is 10.0. The number of rotatable bonds is 4. The number of hydrogen-bond acceptors (Lipinski definition) is 6. The molecule has 8 nitrogen and oxygen atoms in total. The number of ether oxygens (including phenoxy) is 1. The Balaban J connectivity index is 1.35. The van der Waals surface area contributed by atoms with Crippen molar-refractivity contribution in [3.8, 4) is 0 Å². The molecular weight excluding hydrogens is 380 g/mol. The second kappa shape index (κ2) is 9.30. The molecule has 2 saturated heterocycles. The molecule has 2 aromatic rings. The van der Waals surface area contributed by atoms with Gasteiger partial charge in [-0.15, -0.1) is 0 Å². The predicted octanol–water partition coefficient (Wildman–Crippen LogP) is 2.54. The van der Waals surface area contributed by atoms with Crippen LogP contribution in [-0.4, -0.2) is 73.4 Å². The molecule has 8 heteroatoms. The molecule has 30 heavy (non-hydrogen) atoms. The van der Waals surface area contributed by atoms with Crippen LogP contribution in [-0.2, 0) is 11.2 Å². The van der Waals surface area contributed by atoms with Crippen LogP contribution >= 0.6 is 0 Å². The van der Waals surface area contributed by atoms with Crippen LogP contribution in [0.3, 0.4) is 0 Å². The Morgan fingerprint density at radius 1 is 0.967 bits per heavy atom. The van der Waals surface area contributed by atoms with Gasteiger partial charge in [0, 0.05) is 51.0 Å². The van der Waals surface area contributed by atoms with Crippen LogP contribution in [0.2, 0.25) is 0 Å². The number of aryl methyl sites for hydroxylation is 2. The maximum absolute atomic E-state index is 12.6. The Hall–Kier alpha value is -2.87. The van der Waals surface area contributed by atoms with E-state index in [2.05, 4.69) is 50.2 Å². The number of piperazine rings is 1. The zero-order chi connectivity index (χ0) is 20.9. The summed E-state index contributed by atoms with van der Waals surface area (Å²) in [5, 5.41) is 3.00. The van der Waals surface area contributed by atoms with E-state index in [1.807, 2.05) is 24.0 Å². The minimum Gasteiger partial charge on any atom is -0.378 e. The van der Waals surface area contributed by atoms with Crippen molar-refractivity contribution in [1.82, 2.24) is 14.9 Å². The highest BCUT2D eigenvalue weighted by atomic mass is 16.5. The van der Waals surface area contributed by atoms with E-state index in [-0.39, 0.29) is 6.03 Å². The van der Waals surface area contributed by atoms with Crippen molar-refractivity contribution >= 4 is 23.4 Å². The van der Waals surface area contributed by atoms with E-state index < -0.39 is 0 Å². The average molecular weight is 411 g/mol. The van der Waals surface area contributed by atoms with Crippen molar-refractivity contribution in [1.29, 1.82) is 0 Å². The number of aromatic nitrogens is 2. The number of amides is 2. The molecule has 3 heterocycles. The summed E-state index contributed by atoms with van der Waals surface area (Å²) in [7, 11) is 0. The van der Waals surface area contributed by atoms with E-state index >= 15 is 0 Å². The fourth-order valence-electron chi connectivity index (χ4n) is 3.82. The molecule has 0 aliphatic carbocycles. The fourth-order valence-corrected chi connectivity index (χ4v) is 3.82. The third-order valence-corrected chi connectivity index (χ3v) is 5.65. The highest BCUT2D eigenvalue weighted by Crippen LogP contribution is 2.21. The van der Waals surface area contributed by atoms with Crippen molar-refractivity contribution in [3.05, 3.63) is 41.7 Å². The average Bonchev–Trinajstić information content (AvgIpc) is 2.80. The van der Waals surface area contributed by atoms with E-state index in [0.717, 1.165) is 69.0 Å². The van der Waals surface area contributed by atoms with Gasteiger partial charge in [0.25, 0.3) is 0 Å². The van der Waals surface area contributed by atoms with Crippen molar-refractivity contribution in [3.63, 3.8) is 0 Å². The monoisotopic (exact) mass is 410 g/mol. The molecular formula is C22H30N6O2. The molecule has 160 valence electrons. The van der Waals surface area contributed by atoms with Gasteiger partial charge in [-0.3, -0.25) is 0 Å². The number of hydrogen-bond donors (Lipinski definition) is 1. The van der Waals surface area contributed by atoms with E-state index in [0.29, 0.717) is 13.1 Å². The van der Waals surface area contributed by atoms with Gasteiger partial charge in [0.2, 0.25) is 0 Å². The first-order chi connectivity index (χ1) is 14.6. The van der Waals surface area contributed by atoms with Crippen LogP contribution in [0.1, 0.15) is 18.3 Å². The van der Waals surface area contributed by atoms with Crippen LogP contribution < -0.4 is 15.1 Å². The van der Waals surface area contributed by atoms with Crippen molar-refractivity contribution in [2.45, 2.75) is 20.3 Å². The minimum absolute atomic E-state index is 0.0493. The normalized spacial score (nSPS) is 17.2. The molecule has 2 aliphatic heterocycles. The Bertz CT molecular complexity index is 858. The lowest BCUT2D eigenvalue weighted by molar-refractivity contribution is 0.122. The maximum atomic E-state index is 12.6. The lowest BCUT2D eigenvalue weighted by atomic mass is 10.1. The summed E-state index contributed by atoms with van der Waals surface area (Å²) < 4.78 is 5.45. The van der Waals surface area contributed by atoms with Gasteiger partial charge in [0.15, 0.2) is 0 Å². The zero-order valence-electron chi connectivity index (χ0n) is 17.8. The molecule has 2 fully saturated rings. The molecule has 0 unspecified atom stereocenters. The van der Waals surface area contributed by atoms with Crippen LogP contribution in [0.5, 0.6) is 0 Å². The van der Waals surface area contributed by atoms with Crippen molar-refractivity contribution in [2.24, 2.45) is 0 Å². The maximum Gasteiger partial charge on any atom is 0.321 e. The third-order valence-electron chi connectivity index (χ3n) is 5.65. The molecule has 0 bridgehead atoms. The minimum atomic E-state index is -0.0493. The summed E-state index contributed by atoms with van der Waals surface area (Å²) in [6.07, 6.45) is 0.992. The van der Waals surface area contributed by atoms with Gasteiger partial charge >= 0.3 is 6.03 Å². The van der Waals surface area contributed by atoms with Gasteiger partial charge in [-0.25, -0.2) is 14.8 Å². The smallest absolute Gasteiger partial charge is 0.321 e. The van der Waals surface area contributed by atoms with E-state index in [1.165, 1.54) is 5.56 Å². The third kappa shape index (κ3) is 4.81. The second-order valence-electron chi connectivity index (χ2n) is 7.69. The first kappa shape index (κ1) is 20.4. The van der Waals surface area contributed by atoms with Gasteiger partial charge in [0.1, 0.15) is 17.5 Å². The Kier molecular flexibility index (Phi) is 6.32. The van der Waals surface area contributed by atoms with Crippen LogP contribution in [0.4, 0.5) is 22.1 Å². The van der Waals surface area contributed by atoms with Crippen LogP contribution in [0.25, 0.3) is 0 Å². The fraction of sp³-hybridized carbons (Fsp3) is 0.500. The molecule has 0 radical (unpaired) electrons.